The first-order valence-electron chi connectivity index (χ1n) is 2.89. The SMILES string of the molecule is C=CCC1=CC=CC1.[Pd+2]. The summed E-state index contributed by atoms with van der Waals surface area (Å²) in [7, 11) is 0. The number of rotatable bonds is 2. The average Bonchev–Trinajstić information content (AvgIpc) is 2.19. The van der Waals surface area contributed by atoms with Gasteiger partial charge in [0.15, 0.2) is 0 Å². The van der Waals surface area contributed by atoms with Crippen molar-refractivity contribution in [2.24, 2.45) is 0 Å². The molecular formula is C8H10Pd+2. The zero-order valence-electron chi connectivity index (χ0n) is 5.25. The molecule has 0 N–H and O–H groups in total. The van der Waals surface area contributed by atoms with Crippen molar-refractivity contribution in [3.05, 3.63) is 36.5 Å². The third kappa shape index (κ3) is 2.79. The first-order valence-corrected chi connectivity index (χ1v) is 2.89. The molecule has 1 rings (SSSR count). The topological polar surface area (TPSA) is 0 Å². The molecule has 1 aliphatic rings. The van der Waals surface area contributed by atoms with Gasteiger partial charge in [-0.15, -0.1) is 6.58 Å². The second kappa shape index (κ2) is 4.73. The molecule has 0 nitrogen and oxygen atoms in total. The third-order valence-electron chi connectivity index (χ3n) is 1.25. The van der Waals surface area contributed by atoms with Crippen LogP contribution >= 0.6 is 0 Å². The van der Waals surface area contributed by atoms with Gasteiger partial charge in [0.1, 0.15) is 0 Å². The molecule has 0 aliphatic heterocycles. The summed E-state index contributed by atoms with van der Waals surface area (Å²) >= 11 is 0. The van der Waals surface area contributed by atoms with Crippen molar-refractivity contribution in [1.29, 1.82) is 0 Å². The van der Waals surface area contributed by atoms with Gasteiger partial charge < -0.3 is 0 Å². The van der Waals surface area contributed by atoms with Crippen molar-refractivity contribution in [2.45, 2.75) is 12.8 Å². The summed E-state index contributed by atoms with van der Waals surface area (Å²) in [6.07, 6.45) is 10.5. The third-order valence-corrected chi connectivity index (χ3v) is 1.25. The fourth-order valence-corrected chi connectivity index (χ4v) is 0.828. The largest absolute Gasteiger partial charge is 2.00 e. The number of hydrogen-bond donors (Lipinski definition) is 0. The van der Waals surface area contributed by atoms with E-state index in [1.54, 1.807) is 0 Å². The van der Waals surface area contributed by atoms with E-state index in [0.717, 1.165) is 12.8 Å². The van der Waals surface area contributed by atoms with E-state index in [1.165, 1.54) is 5.57 Å². The zero-order valence-corrected chi connectivity index (χ0v) is 6.80. The monoisotopic (exact) mass is 212 g/mol. The second-order valence-corrected chi connectivity index (χ2v) is 1.95. The van der Waals surface area contributed by atoms with Crippen LogP contribution in [0.15, 0.2) is 36.5 Å². The van der Waals surface area contributed by atoms with Gasteiger partial charge >= 0.3 is 20.4 Å². The maximum atomic E-state index is 3.66. The maximum absolute atomic E-state index is 3.66. The van der Waals surface area contributed by atoms with Gasteiger partial charge in [0, 0.05) is 0 Å². The Hall–Kier alpha value is -0.118. The summed E-state index contributed by atoms with van der Waals surface area (Å²) < 4.78 is 0. The van der Waals surface area contributed by atoms with Crippen LogP contribution in [0.1, 0.15) is 12.8 Å². The summed E-state index contributed by atoms with van der Waals surface area (Å²) in [5.74, 6) is 0. The molecule has 0 heterocycles. The number of allylic oxidation sites excluding steroid dienone is 5. The minimum atomic E-state index is 0. The van der Waals surface area contributed by atoms with Crippen LogP contribution in [0.25, 0.3) is 0 Å². The molecular weight excluding hydrogens is 203 g/mol. The molecule has 0 radical (unpaired) electrons. The van der Waals surface area contributed by atoms with Gasteiger partial charge in [0.2, 0.25) is 0 Å². The zero-order chi connectivity index (χ0) is 5.82. The van der Waals surface area contributed by atoms with Crippen molar-refractivity contribution in [3.63, 3.8) is 0 Å². The minimum absolute atomic E-state index is 0. The molecule has 0 amide bonds. The fourth-order valence-electron chi connectivity index (χ4n) is 0.828. The predicted molar refractivity (Wildman–Crippen MR) is 36.7 cm³/mol. The molecule has 1 aliphatic carbocycles. The predicted octanol–water partition coefficient (Wildman–Crippen LogP) is 2.45. The van der Waals surface area contributed by atoms with Crippen LogP contribution in [0.4, 0.5) is 0 Å². The van der Waals surface area contributed by atoms with Gasteiger partial charge in [-0.25, -0.2) is 0 Å². The van der Waals surface area contributed by atoms with E-state index >= 15 is 0 Å². The summed E-state index contributed by atoms with van der Waals surface area (Å²) in [5, 5.41) is 0. The molecule has 50 valence electrons. The Balaban J connectivity index is 0.000000640. The maximum Gasteiger partial charge on any atom is 2.00 e. The average molecular weight is 213 g/mol. The molecule has 0 atom stereocenters. The van der Waals surface area contributed by atoms with Crippen LogP contribution in [-0.2, 0) is 20.4 Å². The Labute approximate surface area is 70.0 Å². The molecule has 0 fully saturated rings. The van der Waals surface area contributed by atoms with Crippen molar-refractivity contribution >= 4 is 0 Å². The summed E-state index contributed by atoms with van der Waals surface area (Å²) in [6.45, 7) is 3.66. The smallest absolute Gasteiger partial charge is 0.103 e. The molecule has 0 aromatic carbocycles. The van der Waals surface area contributed by atoms with Crippen LogP contribution < -0.4 is 0 Å². The van der Waals surface area contributed by atoms with Crippen LogP contribution in [-0.4, -0.2) is 0 Å². The Morgan fingerprint density at radius 1 is 1.67 bits per heavy atom. The van der Waals surface area contributed by atoms with Crippen molar-refractivity contribution < 1.29 is 20.4 Å². The van der Waals surface area contributed by atoms with Crippen LogP contribution in [0.3, 0.4) is 0 Å². The van der Waals surface area contributed by atoms with Gasteiger partial charge in [-0.05, 0) is 12.8 Å². The molecule has 0 aromatic heterocycles. The van der Waals surface area contributed by atoms with Crippen molar-refractivity contribution in [3.8, 4) is 0 Å². The fraction of sp³-hybridized carbons (Fsp3) is 0.250. The molecule has 0 spiro atoms. The standard InChI is InChI=1S/C8H10.Pd/c1-2-5-8-6-3-4-7-8;/h2-4,6H,1,5,7H2;/q;+2. The Morgan fingerprint density at radius 3 is 2.89 bits per heavy atom. The van der Waals surface area contributed by atoms with E-state index in [9.17, 15) is 0 Å². The Kier molecular flexibility index (Phi) is 4.67. The summed E-state index contributed by atoms with van der Waals surface area (Å²) in [4.78, 5) is 0. The molecule has 1 heteroatoms. The van der Waals surface area contributed by atoms with E-state index in [-0.39, 0.29) is 20.4 Å². The van der Waals surface area contributed by atoms with Crippen LogP contribution in [0, 0.1) is 0 Å². The van der Waals surface area contributed by atoms with Crippen molar-refractivity contribution in [1.82, 2.24) is 0 Å². The molecule has 0 aromatic rings. The molecule has 0 bridgehead atoms. The van der Waals surface area contributed by atoms with Gasteiger partial charge in [-0.3, -0.25) is 0 Å². The summed E-state index contributed by atoms with van der Waals surface area (Å²) in [5.41, 5.74) is 1.47. The quantitative estimate of drug-likeness (QED) is 0.487. The molecule has 9 heavy (non-hydrogen) atoms. The van der Waals surface area contributed by atoms with E-state index in [4.69, 9.17) is 0 Å². The normalized spacial score (nSPS) is 14.4. The second-order valence-electron chi connectivity index (χ2n) is 1.95. The molecule has 0 unspecified atom stereocenters. The van der Waals surface area contributed by atoms with Crippen LogP contribution in [0.5, 0.6) is 0 Å². The van der Waals surface area contributed by atoms with E-state index in [1.807, 2.05) is 6.08 Å². The van der Waals surface area contributed by atoms with E-state index < -0.39 is 0 Å². The first kappa shape index (κ1) is 8.88. The minimum Gasteiger partial charge on any atom is -0.103 e. The van der Waals surface area contributed by atoms with Gasteiger partial charge in [-0.1, -0.05) is 29.9 Å². The van der Waals surface area contributed by atoms with E-state index in [2.05, 4.69) is 24.8 Å². The van der Waals surface area contributed by atoms with Gasteiger partial charge in [0.25, 0.3) is 0 Å². The molecule has 0 saturated carbocycles. The molecule has 0 saturated heterocycles. The summed E-state index contributed by atoms with van der Waals surface area (Å²) in [6, 6.07) is 0. The Morgan fingerprint density at radius 2 is 2.44 bits per heavy atom. The Bertz CT molecular complexity index is 143. The van der Waals surface area contributed by atoms with Crippen molar-refractivity contribution in [2.75, 3.05) is 0 Å². The van der Waals surface area contributed by atoms with E-state index in [0.29, 0.717) is 0 Å². The van der Waals surface area contributed by atoms with Gasteiger partial charge in [-0.2, -0.15) is 0 Å². The van der Waals surface area contributed by atoms with Crippen LogP contribution in [0.2, 0.25) is 0 Å². The van der Waals surface area contributed by atoms with Gasteiger partial charge in [0.05, 0.1) is 0 Å². The first-order chi connectivity index (χ1) is 3.93. The number of hydrogen-bond acceptors (Lipinski definition) is 0.